The molecule has 0 unspecified atom stereocenters. The molecule has 7 nitrogen and oxygen atoms in total. The van der Waals surface area contributed by atoms with Gasteiger partial charge in [-0.05, 0) is 37.3 Å². The molecule has 0 N–H and O–H groups in total. The third-order valence-electron chi connectivity index (χ3n) is 3.79. The number of amides is 1. The van der Waals surface area contributed by atoms with Crippen LogP contribution in [-0.2, 0) is 14.3 Å². The van der Waals surface area contributed by atoms with Gasteiger partial charge in [-0.2, -0.15) is 0 Å². The summed E-state index contributed by atoms with van der Waals surface area (Å²) in [6, 6.07) is 13.7. The lowest BCUT2D eigenvalue weighted by molar-refractivity contribution is -0.149. The molecule has 1 amide bonds. The molecule has 0 saturated carbocycles. The second kappa shape index (κ2) is 9.38. The Hall–Kier alpha value is -3.35. The zero-order valence-electron chi connectivity index (χ0n) is 15.4. The van der Waals surface area contributed by atoms with Gasteiger partial charge in [0.15, 0.2) is 30.5 Å². The third kappa shape index (κ3) is 5.57. The number of hydrogen-bond donors (Lipinski definition) is 0. The maximum Gasteiger partial charge on any atom is 0.344 e. The summed E-state index contributed by atoms with van der Waals surface area (Å²) in [4.78, 5) is 36.7. The Balaban J connectivity index is 1.86. The molecule has 0 radical (unpaired) electrons. The van der Waals surface area contributed by atoms with Crippen molar-refractivity contribution in [3.05, 3.63) is 54.1 Å². The molecule has 0 spiro atoms. The van der Waals surface area contributed by atoms with E-state index in [9.17, 15) is 14.4 Å². The maximum absolute atomic E-state index is 12.1. The van der Waals surface area contributed by atoms with E-state index >= 15 is 0 Å². The van der Waals surface area contributed by atoms with Gasteiger partial charge in [0, 0.05) is 18.3 Å². The summed E-state index contributed by atoms with van der Waals surface area (Å²) in [5.41, 5.74) is 1.17. The molecule has 2 aromatic rings. The predicted octanol–water partition coefficient (Wildman–Crippen LogP) is 2.48. The summed E-state index contributed by atoms with van der Waals surface area (Å²) in [7, 11) is 3.03. The monoisotopic (exact) mass is 371 g/mol. The minimum Gasteiger partial charge on any atom is -0.493 e. The molecule has 7 heteroatoms. The Morgan fingerprint density at radius 2 is 1.67 bits per heavy atom. The fourth-order valence-corrected chi connectivity index (χ4v) is 2.22. The molecule has 0 aliphatic heterocycles. The first-order valence-electron chi connectivity index (χ1n) is 8.21. The summed E-state index contributed by atoms with van der Waals surface area (Å²) in [6.07, 6.45) is 0. The Labute approximate surface area is 157 Å². The zero-order chi connectivity index (χ0) is 19.8. The Kier molecular flexibility index (Phi) is 6.93. The topological polar surface area (TPSA) is 82.1 Å². The first-order chi connectivity index (χ1) is 12.9. The number of para-hydroxylation sites is 1. The second-order valence-corrected chi connectivity index (χ2v) is 5.66. The normalized spacial score (nSPS) is 10.0. The molecular formula is C20H21NO6. The van der Waals surface area contributed by atoms with Gasteiger partial charge in [0.05, 0.1) is 7.11 Å². The third-order valence-corrected chi connectivity index (χ3v) is 3.79. The molecule has 2 aromatic carbocycles. The molecule has 2 rings (SSSR count). The van der Waals surface area contributed by atoms with Crippen LogP contribution in [0.2, 0.25) is 0 Å². The van der Waals surface area contributed by atoms with E-state index < -0.39 is 19.2 Å². The summed E-state index contributed by atoms with van der Waals surface area (Å²) in [5.74, 6) is -0.539. The number of carbonyl (C=O) groups excluding carboxylic acids is 3. The minimum absolute atomic E-state index is 0.111. The number of methoxy groups -OCH3 is 1. The average molecular weight is 371 g/mol. The summed E-state index contributed by atoms with van der Waals surface area (Å²) in [6.45, 7) is 0.655. The molecule has 142 valence electrons. The van der Waals surface area contributed by atoms with Crippen LogP contribution in [0.5, 0.6) is 11.5 Å². The second-order valence-electron chi connectivity index (χ2n) is 5.66. The number of nitrogens with zero attached hydrogens (tertiary/aromatic N) is 1. The van der Waals surface area contributed by atoms with Gasteiger partial charge < -0.3 is 19.1 Å². The van der Waals surface area contributed by atoms with Crippen LogP contribution in [0.3, 0.4) is 0 Å². The van der Waals surface area contributed by atoms with Crippen LogP contribution in [-0.4, -0.2) is 45.0 Å². The summed E-state index contributed by atoms with van der Waals surface area (Å²) in [5, 5.41) is 0. The summed E-state index contributed by atoms with van der Waals surface area (Å²) < 4.78 is 15.5. The van der Waals surface area contributed by atoms with E-state index in [1.165, 1.54) is 31.1 Å². The van der Waals surface area contributed by atoms with Gasteiger partial charge in [-0.25, -0.2) is 4.79 Å². The van der Waals surface area contributed by atoms with Crippen LogP contribution in [0.25, 0.3) is 0 Å². The van der Waals surface area contributed by atoms with Crippen molar-refractivity contribution in [2.45, 2.75) is 6.92 Å². The highest BCUT2D eigenvalue weighted by Gasteiger charge is 2.15. The average Bonchev–Trinajstić information content (AvgIpc) is 2.70. The number of ketones is 1. The van der Waals surface area contributed by atoms with E-state index in [-0.39, 0.29) is 11.7 Å². The number of carbonyl (C=O) groups is 3. The number of likely N-dealkylation sites (N-methyl/N-ethyl adjacent to an activating group) is 1. The molecule has 0 aromatic heterocycles. The van der Waals surface area contributed by atoms with Crippen LogP contribution in [0.15, 0.2) is 48.5 Å². The van der Waals surface area contributed by atoms with Crippen LogP contribution < -0.4 is 14.4 Å². The first-order valence-corrected chi connectivity index (χ1v) is 8.21. The number of hydrogen-bond acceptors (Lipinski definition) is 6. The fourth-order valence-electron chi connectivity index (χ4n) is 2.22. The van der Waals surface area contributed by atoms with Crippen LogP contribution >= 0.6 is 0 Å². The number of anilines is 1. The summed E-state index contributed by atoms with van der Waals surface area (Å²) >= 11 is 0. The lowest BCUT2D eigenvalue weighted by Gasteiger charge is -2.17. The van der Waals surface area contributed by atoms with Gasteiger partial charge in [-0.15, -0.1) is 0 Å². The number of Topliss-reactive ketones (excluding diaryl/α,β-unsaturated/α-hetero) is 1. The van der Waals surface area contributed by atoms with Crippen molar-refractivity contribution in [2.75, 3.05) is 32.3 Å². The molecule has 0 aliphatic carbocycles. The highest BCUT2D eigenvalue weighted by Crippen LogP contribution is 2.28. The van der Waals surface area contributed by atoms with E-state index in [4.69, 9.17) is 14.2 Å². The van der Waals surface area contributed by atoms with E-state index in [1.54, 1.807) is 25.2 Å². The highest BCUT2D eigenvalue weighted by atomic mass is 16.6. The van der Waals surface area contributed by atoms with Crippen molar-refractivity contribution in [1.82, 2.24) is 0 Å². The first kappa shape index (κ1) is 20.0. The fraction of sp³-hybridized carbons (Fsp3) is 0.250. The van der Waals surface area contributed by atoms with E-state index in [2.05, 4.69) is 0 Å². The van der Waals surface area contributed by atoms with Crippen molar-refractivity contribution in [1.29, 1.82) is 0 Å². The number of esters is 1. The molecule has 27 heavy (non-hydrogen) atoms. The lowest BCUT2D eigenvalue weighted by atomic mass is 10.1. The van der Waals surface area contributed by atoms with Crippen molar-refractivity contribution in [3.8, 4) is 11.5 Å². The van der Waals surface area contributed by atoms with Crippen molar-refractivity contribution < 1.29 is 28.6 Å². The van der Waals surface area contributed by atoms with Gasteiger partial charge in [0.2, 0.25) is 0 Å². The van der Waals surface area contributed by atoms with Gasteiger partial charge in [0.25, 0.3) is 5.91 Å². The minimum atomic E-state index is -0.692. The molecule has 0 atom stereocenters. The van der Waals surface area contributed by atoms with E-state index in [0.717, 1.165) is 0 Å². The number of ether oxygens (including phenoxy) is 3. The van der Waals surface area contributed by atoms with Crippen molar-refractivity contribution >= 4 is 23.3 Å². The predicted molar refractivity (Wildman–Crippen MR) is 99.3 cm³/mol. The smallest absolute Gasteiger partial charge is 0.344 e. The zero-order valence-corrected chi connectivity index (χ0v) is 15.4. The van der Waals surface area contributed by atoms with Crippen molar-refractivity contribution in [3.63, 3.8) is 0 Å². The Bertz CT molecular complexity index is 818. The maximum atomic E-state index is 12.1. The molecule has 0 saturated heterocycles. The molecule has 0 bridgehead atoms. The lowest BCUT2D eigenvalue weighted by Crippen LogP contribution is -2.31. The molecule has 0 aliphatic rings. The van der Waals surface area contributed by atoms with E-state index in [1.807, 2.05) is 18.2 Å². The molecule has 0 fully saturated rings. The van der Waals surface area contributed by atoms with Gasteiger partial charge >= 0.3 is 5.97 Å². The van der Waals surface area contributed by atoms with Crippen LogP contribution in [0.1, 0.15) is 17.3 Å². The van der Waals surface area contributed by atoms with Crippen molar-refractivity contribution in [2.24, 2.45) is 0 Å². The van der Waals surface area contributed by atoms with E-state index in [0.29, 0.717) is 22.7 Å². The Morgan fingerprint density at radius 3 is 2.30 bits per heavy atom. The van der Waals surface area contributed by atoms with Gasteiger partial charge in [-0.1, -0.05) is 18.2 Å². The largest absolute Gasteiger partial charge is 0.493 e. The van der Waals surface area contributed by atoms with Gasteiger partial charge in [0.1, 0.15) is 0 Å². The standard InChI is InChI=1S/C20H21NO6/c1-14(22)15-9-10-17(18(11-15)25-3)26-13-20(24)27-12-19(23)21(2)16-7-5-4-6-8-16/h4-11H,12-13H2,1-3H3. The molecule has 0 heterocycles. The number of rotatable bonds is 8. The SMILES string of the molecule is COc1cc(C(C)=O)ccc1OCC(=O)OCC(=O)N(C)c1ccccc1. The van der Waals surface area contributed by atoms with Crippen LogP contribution in [0.4, 0.5) is 5.69 Å². The van der Waals surface area contributed by atoms with Crippen LogP contribution in [0, 0.1) is 0 Å². The van der Waals surface area contributed by atoms with Gasteiger partial charge in [-0.3, -0.25) is 9.59 Å². The Morgan fingerprint density at radius 1 is 0.963 bits per heavy atom. The quantitative estimate of drug-likeness (QED) is 0.524. The highest BCUT2D eigenvalue weighted by molar-refractivity contribution is 5.95. The number of benzene rings is 2. The molecular weight excluding hydrogens is 350 g/mol.